The first-order valence-corrected chi connectivity index (χ1v) is 19.5. The van der Waals surface area contributed by atoms with Gasteiger partial charge >= 0.3 is 0 Å². The van der Waals surface area contributed by atoms with Gasteiger partial charge in [0.1, 0.15) is 11.2 Å². The number of thiophene rings is 1. The third kappa shape index (κ3) is 5.48. The smallest absolute Gasteiger partial charge is 0.136 e. The van der Waals surface area contributed by atoms with Crippen LogP contribution in [-0.2, 0) is 0 Å². The molecule has 0 aliphatic heterocycles. The van der Waals surface area contributed by atoms with E-state index in [1.807, 2.05) is 23.5 Å². The quantitative estimate of drug-likeness (QED) is 0.170. The van der Waals surface area contributed by atoms with Crippen molar-refractivity contribution in [2.75, 3.05) is 4.90 Å². The second-order valence-electron chi connectivity index (χ2n) is 14.1. The Morgan fingerprint density at radius 1 is 0.345 bits per heavy atom. The minimum atomic E-state index is 0.904. The summed E-state index contributed by atoms with van der Waals surface area (Å²) in [4.78, 5) is 2.36. The van der Waals surface area contributed by atoms with Crippen LogP contribution in [0.25, 0.3) is 86.3 Å². The van der Waals surface area contributed by atoms with Crippen LogP contribution in [0, 0.1) is 0 Å². The molecule has 9 aromatic carbocycles. The molecule has 3 heteroatoms. The van der Waals surface area contributed by atoms with Gasteiger partial charge in [-0.3, -0.25) is 0 Å². The molecule has 0 aliphatic rings. The summed E-state index contributed by atoms with van der Waals surface area (Å²) < 4.78 is 8.87. The average molecular weight is 720 g/mol. The molecule has 0 saturated carbocycles. The van der Waals surface area contributed by atoms with Crippen molar-refractivity contribution in [1.29, 1.82) is 0 Å². The van der Waals surface area contributed by atoms with Crippen molar-refractivity contribution in [3.8, 4) is 33.4 Å². The average Bonchev–Trinajstić information content (AvgIpc) is 3.83. The zero-order valence-electron chi connectivity index (χ0n) is 29.8. The SMILES string of the molecule is c1cc(-c2ccc3sc4ccccc4c3c2)cc(N(c2ccc(-c3ccc4ccccc4c3)cc2)c2ccc(-c3cccc4oc5ccccc5c34)cc2)c1. The molecule has 11 rings (SSSR count). The standard InChI is InChI=1S/C52H33NOS/c1-2-10-37-31-39(20-19-34(37)9-1)35-21-26-41(27-22-35)53(42-28-23-36(24-29-42)44-15-8-17-49-52(44)46-14-3-5-16-48(46)54-49)43-12-7-11-38(32-43)40-25-30-51-47(33-40)45-13-4-6-18-50(45)55-51/h1-33H. The second-order valence-corrected chi connectivity index (χ2v) is 15.2. The van der Waals surface area contributed by atoms with E-state index in [0.29, 0.717) is 0 Å². The van der Waals surface area contributed by atoms with Gasteiger partial charge in [0.05, 0.1) is 0 Å². The van der Waals surface area contributed by atoms with Crippen LogP contribution in [0.1, 0.15) is 0 Å². The summed E-state index contributed by atoms with van der Waals surface area (Å²) in [5.41, 5.74) is 12.2. The molecule has 0 aliphatic carbocycles. The molecular weight excluding hydrogens is 687 g/mol. The number of hydrogen-bond donors (Lipinski definition) is 0. The normalized spacial score (nSPS) is 11.6. The fourth-order valence-electron chi connectivity index (χ4n) is 8.15. The van der Waals surface area contributed by atoms with Gasteiger partial charge in [-0.25, -0.2) is 0 Å². The lowest BCUT2D eigenvalue weighted by atomic mass is 9.98. The number of fused-ring (bicyclic) bond motifs is 7. The largest absolute Gasteiger partial charge is 0.456 e. The predicted molar refractivity (Wildman–Crippen MR) is 235 cm³/mol. The van der Waals surface area contributed by atoms with Gasteiger partial charge in [-0.15, -0.1) is 11.3 Å². The molecule has 0 radical (unpaired) electrons. The Bertz CT molecular complexity index is 3210. The highest BCUT2D eigenvalue weighted by atomic mass is 32.1. The molecule has 0 atom stereocenters. The van der Waals surface area contributed by atoms with Gasteiger partial charge in [-0.2, -0.15) is 0 Å². The molecule has 2 aromatic heterocycles. The van der Waals surface area contributed by atoms with Crippen molar-refractivity contribution in [2.24, 2.45) is 0 Å². The first-order valence-electron chi connectivity index (χ1n) is 18.7. The molecule has 0 amide bonds. The van der Waals surface area contributed by atoms with Gasteiger partial charge in [0, 0.05) is 48.0 Å². The van der Waals surface area contributed by atoms with E-state index in [9.17, 15) is 0 Å². The third-order valence-corrected chi connectivity index (χ3v) is 12.0. The van der Waals surface area contributed by atoms with Crippen LogP contribution in [0.15, 0.2) is 205 Å². The maximum Gasteiger partial charge on any atom is 0.136 e. The lowest BCUT2D eigenvalue weighted by Crippen LogP contribution is -2.10. The van der Waals surface area contributed by atoms with Crippen molar-refractivity contribution < 1.29 is 4.42 Å². The second kappa shape index (κ2) is 12.9. The first kappa shape index (κ1) is 31.6. The van der Waals surface area contributed by atoms with Crippen LogP contribution < -0.4 is 4.90 Å². The summed E-state index contributed by atoms with van der Waals surface area (Å²) >= 11 is 1.86. The molecule has 0 saturated heterocycles. The van der Waals surface area contributed by atoms with E-state index in [-0.39, 0.29) is 0 Å². The molecule has 55 heavy (non-hydrogen) atoms. The molecular formula is C52H33NOS. The van der Waals surface area contributed by atoms with Gasteiger partial charge in [-0.05, 0) is 117 Å². The number of furan rings is 1. The van der Waals surface area contributed by atoms with Gasteiger partial charge in [0.2, 0.25) is 0 Å². The zero-order valence-corrected chi connectivity index (χ0v) is 30.6. The van der Waals surface area contributed by atoms with E-state index in [1.54, 1.807) is 0 Å². The van der Waals surface area contributed by atoms with Crippen molar-refractivity contribution in [2.45, 2.75) is 0 Å². The number of benzene rings is 9. The number of hydrogen-bond acceptors (Lipinski definition) is 3. The van der Waals surface area contributed by atoms with E-state index in [0.717, 1.165) is 44.6 Å². The number of anilines is 3. The molecule has 258 valence electrons. The highest BCUT2D eigenvalue weighted by Crippen LogP contribution is 2.42. The monoisotopic (exact) mass is 719 g/mol. The van der Waals surface area contributed by atoms with Crippen molar-refractivity contribution in [1.82, 2.24) is 0 Å². The minimum Gasteiger partial charge on any atom is -0.456 e. The molecule has 0 fully saturated rings. The molecule has 2 nitrogen and oxygen atoms in total. The summed E-state index contributed by atoms with van der Waals surface area (Å²) in [6.45, 7) is 0. The van der Waals surface area contributed by atoms with Crippen LogP contribution in [0.3, 0.4) is 0 Å². The van der Waals surface area contributed by atoms with E-state index in [1.165, 1.54) is 58.8 Å². The zero-order chi connectivity index (χ0) is 36.3. The minimum absolute atomic E-state index is 0.904. The number of nitrogens with zero attached hydrogens (tertiary/aromatic N) is 1. The summed E-state index contributed by atoms with van der Waals surface area (Å²) in [6, 6.07) is 72.3. The fourth-order valence-corrected chi connectivity index (χ4v) is 9.24. The van der Waals surface area contributed by atoms with Crippen molar-refractivity contribution >= 4 is 81.3 Å². The molecule has 0 bridgehead atoms. The topological polar surface area (TPSA) is 16.4 Å². The van der Waals surface area contributed by atoms with Crippen LogP contribution in [0.2, 0.25) is 0 Å². The predicted octanol–water partition coefficient (Wildman–Crippen LogP) is 15.6. The van der Waals surface area contributed by atoms with E-state index in [2.05, 4.69) is 193 Å². The summed E-state index contributed by atoms with van der Waals surface area (Å²) in [7, 11) is 0. The highest BCUT2D eigenvalue weighted by molar-refractivity contribution is 7.25. The van der Waals surface area contributed by atoms with E-state index >= 15 is 0 Å². The summed E-state index contributed by atoms with van der Waals surface area (Å²) in [5.74, 6) is 0. The van der Waals surface area contributed by atoms with Crippen LogP contribution >= 0.6 is 11.3 Å². The molecule has 11 aromatic rings. The fraction of sp³-hybridized carbons (Fsp3) is 0. The lowest BCUT2D eigenvalue weighted by molar-refractivity contribution is 0.669. The van der Waals surface area contributed by atoms with Crippen LogP contribution in [0.4, 0.5) is 17.1 Å². The summed E-state index contributed by atoms with van der Waals surface area (Å²) in [6.07, 6.45) is 0. The maximum atomic E-state index is 6.23. The van der Waals surface area contributed by atoms with Crippen molar-refractivity contribution in [3.05, 3.63) is 200 Å². The Morgan fingerprint density at radius 3 is 1.82 bits per heavy atom. The lowest BCUT2D eigenvalue weighted by Gasteiger charge is -2.26. The highest BCUT2D eigenvalue weighted by Gasteiger charge is 2.17. The Morgan fingerprint density at radius 2 is 0.964 bits per heavy atom. The molecule has 0 unspecified atom stereocenters. The van der Waals surface area contributed by atoms with E-state index in [4.69, 9.17) is 4.42 Å². The van der Waals surface area contributed by atoms with Gasteiger partial charge < -0.3 is 9.32 Å². The van der Waals surface area contributed by atoms with Crippen LogP contribution in [-0.4, -0.2) is 0 Å². The van der Waals surface area contributed by atoms with Gasteiger partial charge in [0.15, 0.2) is 0 Å². The number of para-hydroxylation sites is 1. The molecule has 2 heterocycles. The molecule has 0 N–H and O–H groups in total. The maximum absolute atomic E-state index is 6.23. The van der Waals surface area contributed by atoms with Crippen LogP contribution in [0.5, 0.6) is 0 Å². The van der Waals surface area contributed by atoms with Gasteiger partial charge in [-0.1, -0.05) is 127 Å². The Balaban J connectivity index is 1.02. The summed E-state index contributed by atoms with van der Waals surface area (Å²) in [5, 5.41) is 7.40. The Labute approximate surface area is 322 Å². The van der Waals surface area contributed by atoms with Crippen molar-refractivity contribution in [3.63, 3.8) is 0 Å². The third-order valence-electron chi connectivity index (χ3n) is 10.9. The first-order chi connectivity index (χ1) is 27.2. The van der Waals surface area contributed by atoms with E-state index < -0.39 is 0 Å². The molecule has 0 spiro atoms. The Hall–Kier alpha value is -6.94. The number of rotatable bonds is 6. The van der Waals surface area contributed by atoms with Gasteiger partial charge in [0.25, 0.3) is 0 Å². The Kier molecular flexibility index (Phi) is 7.39.